The molecule has 2 fully saturated rings. The number of hydrogen-bond acceptors (Lipinski definition) is 7. The van der Waals surface area contributed by atoms with Crippen LogP contribution in [-0.2, 0) is 4.74 Å². The zero-order valence-corrected chi connectivity index (χ0v) is 17.6. The van der Waals surface area contributed by atoms with Crippen molar-refractivity contribution in [2.45, 2.75) is 51.2 Å². The highest BCUT2D eigenvalue weighted by molar-refractivity contribution is 6.33. The fraction of sp³-hybridized carbons (Fsp3) is 0.571. The summed E-state index contributed by atoms with van der Waals surface area (Å²) in [5, 5.41) is 3.97. The van der Waals surface area contributed by atoms with Gasteiger partial charge in [0.15, 0.2) is 0 Å². The van der Waals surface area contributed by atoms with Crippen molar-refractivity contribution < 1.29 is 14.2 Å². The van der Waals surface area contributed by atoms with Crippen LogP contribution in [0.4, 0.5) is 5.95 Å². The van der Waals surface area contributed by atoms with Crippen LogP contribution < -0.4 is 14.8 Å². The Morgan fingerprint density at radius 1 is 1.10 bits per heavy atom. The molecule has 0 unspecified atom stereocenters. The van der Waals surface area contributed by atoms with E-state index in [0.717, 1.165) is 30.7 Å². The van der Waals surface area contributed by atoms with Gasteiger partial charge in [0.25, 0.3) is 0 Å². The topological polar surface area (TPSA) is 78.4 Å². The molecule has 1 aliphatic heterocycles. The molecule has 2 aromatic rings. The number of rotatable bonds is 6. The van der Waals surface area contributed by atoms with Crippen LogP contribution in [0.3, 0.4) is 0 Å². The lowest BCUT2D eigenvalue weighted by molar-refractivity contribution is 0.138. The van der Waals surface area contributed by atoms with Gasteiger partial charge in [-0.3, -0.25) is 0 Å². The molecule has 1 saturated heterocycles. The van der Waals surface area contributed by atoms with Crippen molar-refractivity contribution in [2.24, 2.45) is 5.92 Å². The highest BCUT2D eigenvalue weighted by Crippen LogP contribution is 2.36. The van der Waals surface area contributed by atoms with Crippen molar-refractivity contribution in [3.63, 3.8) is 0 Å². The number of halogens is 1. The Kier molecular flexibility index (Phi) is 6.35. The number of hydrogen-bond donors (Lipinski definition) is 1. The van der Waals surface area contributed by atoms with Crippen LogP contribution in [0.2, 0.25) is 5.02 Å². The first-order valence-corrected chi connectivity index (χ1v) is 10.6. The maximum Gasteiger partial charge on any atom is 0.226 e. The summed E-state index contributed by atoms with van der Waals surface area (Å²) >= 11 is 6.42. The summed E-state index contributed by atoms with van der Waals surface area (Å²) in [4.78, 5) is 13.4. The number of methoxy groups -OCH3 is 1. The molecule has 0 amide bonds. The molecule has 2 aromatic heterocycles. The summed E-state index contributed by atoms with van der Waals surface area (Å²) in [5.41, 5.74) is 1.44. The molecule has 8 heteroatoms. The quantitative estimate of drug-likeness (QED) is 0.746. The lowest BCUT2D eigenvalue weighted by Crippen LogP contribution is -2.26. The van der Waals surface area contributed by atoms with Gasteiger partial charge in [-0.05, 0) is 31.6 Å². The van der Waals surface area contributed by atoms with E-state index < -0.39 is 0 Å². The van der Waals surface area contributed by atoms with E-state index >= 15 is 0 Å². The number of nitrogens with zero attached hydrogens (tertiary/aromatic N) is 3. The maximum atomic E-state index is 6.42. The molecule has 1 atom stereocenters. The SMILES string of the molecule is COc1cc(-c2cnc(N[C@H]3CC[C@H](C)CC3)nc2O[C@@H]2CCOC2)c(Cl)cn1. The van der Waals surface area contributed by atoms with Crippen LogP contribution in [0.5, 0.6) is 11.8 Å². The van der Waals surface area contributed by atoms with Gasteiger partial charge in [0.2, 0.25) is 17.7 Å². The third-order valence-corrected chi connectivity index (χ3v) is 5.90. The monoisotopic (exact) mass is 418 g/mol. The van der Waals surface area contributed by atoms with E-state index in [9.17, 15) is 0 Å². The van der Waals surface area contributed by atoms with Crippen molar-refractivity contribution >= 4 is 17.5 Å². The van der Waals surface area contributed by atoms with Crippen molar-refractivity contribution in [2.75, 3.05) is 25.6 Å². The zero-order valence-electron chi connectivity index (χ0n) is 16.9. The van der Waals surface area contributed by atoms with Crippen molar-refractivity contribution in [3.05, 3.63) is 23.5 Å². The summed E-state index contributed by atoms with van der Waals surface area (Å²) in [6.45, 7) is 3.56. The zero-order chi connectivity index (χ0) is 20.2. The fourth-order valence-electron chi connectivity index (χ4n) is 3.80. The number of aromatic nitrogens is 3. The molecular formula is C21H27ClN4O3. The minimum absolute atomic E-state index is 0.0328. The van der Waals surface area contributed by atoms with Crippen LogP contribution in [0.1, 0.15) is 39.0 Å². The molecule has 29 heavy (non-hydrogen) atoms. The average molecular weight is 419 g/mol. The normalized spacial score (nSPS) is 24.3. The molecule has 0 aromatic carbocycles. The third-order valence-electron chi connectivity index (χ3n) is 5.60. The van der Waals surface area contributed by atoms with Crippen molar-refractivity contribution in [1.82, 2.24) is 15.0 Å². The summed E-state index contributed by atoms with van der Waals surface area (Å²) < 4.78 is 16.9. The van der Waals surface area contributed by atoms with Crippen LogP contribution in [0.15, 0.2) is 18.5 Å². The molecule has 1 N–H and O–H groups in total. The van der Waals surface area contributed by atoms with Gasteiger partial charge in [-0.2, -0.15) is 4.98 Å². The molecule has 0 spiro atoms. The van der Waals surface area contributed by atoms with Gasteiger partial charge in [-0.25, -0.2) is 9.97 Å². The highest BCUT2D eigenvalue weighted by atomic mass is 35.5. The van der Waals surface area contributed by atoms with E-state index in [1.807, 2.05) is 0 Å². The van der Waals surface area contributed by atoms with E-state index in [4.69, 9.17) is 30.8 Å². The highest BCUT2D eigenvalue weighted by Gasteiger charge is 2.24. The summed E-state index contributed by atoms with van der Waals surface area (Å²) in [6, 6.07) is 2.17. The first-order valence-electron chi connectivity index (χ1n) is 10.2. The Balaban J connectivity index is 1.63. The van der Waals surface area contributed by atoms with Crippen molar-refractivity contribution in [1.29, 1.82) is 0 Å². The van der Waals surface area contributed by atoms with Gasteiger partial charge >= 0.3 is 0 Å². The predicted molar refractivity (Wildman–Crippen MR) is 112 cm³/mol. The lowest BCUT2D eigenvalue weighted by atomic mass is 9.87. The minimum Gasteiger partial charge on any atom is -0.481 e. The van der Waals surface area contributed by atoms with Crippen LogP contribution in [-0.4, -0.2) is 47.4 Å². The van der Waals surface area contributed by atoms with Crippen LogP contribution in [0.25, 0.3) is 11.1 Å². The largest absolute Gasteiger partial charge is 0.481 e. The third kappa shape index (κ3) is 4.90. The maximum absolute atomic E-state index is 6.42. The number of anilines is 1. The molecule has 3 heterocycles. The van der Waals surface area contributed by atoms with Gasteiger partial charge in [0, 0.05) is 30.3 Å². The minimum atomic E-state index is -0.0328. The number of ether oxygens (including phenoxy) is 3. The van der Waals surface area contributed by atoms with Crippen LogP contribution >= 0.6 is 11.6 Å². The van der Waals surface area contributed by atoms with E-state index in [2.05, 4.69) is 22.2 Å². The molecule has 0 radical (unpaired) electrons. The standard InChI is InChI=1S/C21H27ClN4O3/c1-13-3-5-14(6-4-13)25-21-24-10-17(16-9-19(27-2)23-11-18(16)22)20(26-21)29-15-7-8-28-12-15/h9-11,13-15H,3-8,12H2,1-2H3,(H,24,25,26)/t13-,14-,15-/m1/s1. The number of nitrogens with one attached hydrogen (secondary N) is 1. The van der Waals surface area contributed by atoms with E-state index in [1.54, 1.807) is 25.6 Å². The molecule has 7 nitrogen and oxygen atoms in total. The second kappa shape index (κ2) is 9.13. The second-order valence-electron chi connectivity index (χ2n) is 7.82. The smallest absolute Gasteiger partial charge is 0.226 e. The molecule has 2 aliphatic rings. The average Bonchev–Trinajstić information content (AvgIpc) is 3.24. The Morgan fingerprint density at radius 2 is 1.93 bits per heavy atom. The number of pyridine rings is 1. The Labute approximate surface area is 176 Å². The van der Waals surface area contributed by atoms with Gasteiger partial charge in [-0.1, -0.05) is 18.5 Å². The summed E-state index contributed by atoms with van der Waals surface area (Å²) in [5.74, 6) is 2.34. The first kappa shape index (κ1) is 20.2. The summed E-state index contributed by atoms with van der Waals surface area (Å²) in [6.07, 6.45) is 8.84. The fourth-order valence-corrected chi connectivity index (χ4v) is 4.00. The first-order chi connectivity index (χ1) is 14.1. The molecule has 1 saturated carbocycles. The molecule has 1 aliphatic carbocycles. The predicted octanol–water partition coefficient (Wildman–Crippen LogP) is 4.36. The molecule has 4 rings (SSSR count). The molecular weight excluding hydrogens is 392 g/mol. The summed E-state index contributed by atoms with van der Waals surface area (Å²) in [7, 11) is 1.57. The lowest BCUT2D eigenvalue weighted by Gasteiger charge is -2.27. The van der Waals surface area contributed by atoms with E-state index in [-0.39, 0.29) is 6.10 Å². The Morgan fingerprint density at radius 3 is 2.66 bits per heavy atom. The van der Waals surface area contributed by atoms with Gasteiger partial charge in [0.1, 0.15) is 6.10 Å². The Bertz CT molecular complexity index is 837. The Hall–Kier alpha value is -2.12. The van der Waals surface area contributed by atoms with Gasteiger partial charge in [0.05, 0.1) is 37.1 Å². The van der Waals surface area contributed by atoms with Crippen LogP contribution in [0, 0.1) is 5.92 Å². The van der Waals surface area contributed by atoms with E-state index in [1.165, 1.54) is 12.8 Å². The second-order valence-corrected chi connectivity index (χ2v) is 8.23. The molecule has 0 bridgehead atoms. The van der Waals surface area contributed by atoms with E-state index in [0.29, 0.717) is 47.6 Å². The van der Waals surface area contributed by atoms with Gasteiger partial charge in [-0.15, -0.1) is 0 Å². The molecule has 156 valence electrons. The van der Waals surface area contributed by atoms with Gasteiger partial charge < -0.3 is 19.5 Å². The van der Waals surface area contributed by atoms with Crippen molar-refractivity contribution in [3.8, 4) is 22.9 Å².